The fourth-order valence-electron chi connectivity index (χ4n) is 1.18. The minimum atomic E-state index is -5.15. The molecule has 0 unspecified atom stereocenters. The number of benzene rings is 1. The van der Waals surface area contributed by atoms with E-state index < -0.39 is 34.9 Å². The van der Waals surface area contributed by atoms with E-state index in [1.807, 2.05) is 0 Å². The molecule has 0 radical (unpaired) electrons. The number of ether oxygens (including phenoxy) is 1. The van der Waals surface area contributed by atoms with Crippen molar-refractivity contribution in [3.8, 4) is 0 Å². The molecule has 1 rings (SSSR count). The summed E-state index contributed by atoms with van der Waals surface area (Å²) in [4.78, 5) is 11.1. The minimum Gasteiger partial charge on any atom is -0.462 e. The molecule has 7 heteroatoms. The molecule has 0 saturated carbocycles. The maximum Gasteiger partial charge on any atom is 0.422 e. The maximum absolute atomic E-state index is 13.0. The highest BCUT2D eigenvalue weighted by atomic mass is 19.4. The number of alkyl halides is 3. The van der Waals surface area contributed by atoms with Crippen LogP contribution < -0.4 is 0 Å². The molecule has 0 amide bonds. The summed E-state index contributed by atoms with van der Waals surface area (Å²) in [6.07, 6.45) is -5.15. The second-order valence-electron chi connectivity index (χ2n) is 3.03. The van der Waals surface area contributed by atoms with Crippen LogP contribution in [0.2, 0.25) is 0 Å². The summed E-state index contributed by atoms with van der Waals surface area (Å²) in [5, 5.41) is 0. The van der Waals surface area contributed by atoms with Gasteiger partial charge in [0, 0.05) is 0 Å². The highest BCUT2D eigenvalue weighted by molar-refractivity contribution is 5.89. The van der Waals surface area contributed by atoms with Crippen molar-refractivity contribution in [2.45, 2.75) is 13.1 Å². The molecular weight excluding hydrogens is 247 g/mol. The average Bonchev–Trinajstić information content (AvgIpc) is 2.14. The van der Waals surface area contributed by atoms with Crippen molar-refractivity contribution in [2.24, 2.45) is 0 Å². The van der Waals surface area contributed by atoms with E-state index in [9.17, 15) is 26.7 Å². The van der Waals surface area contributed by atoms with Crippen molar-refractivity contribution in [3.63, 3.8) is 0 Å². The van der Waals surface area contributed by atoms with Crippen LogP contribution in [0.5, 0.6) is 0 Å². The van der Waals surface area contributed by atoms with Gasteiger partial charge in [-0.25, -0.2) is 13.6 Å². The largest absolute Gasteiger partial charge is 0.462 e. The maximum atomic E-state index is 13.0. The molecule has 17 heavy (non-hydrogen) atoms. The Morgan fingerprint density at radius 2 is 1.71 bits per heavy atom. The van der Waals surface area contributed by atoms with Crippen molar-refractivity contribution in [1.29, 1.82) is 0 Å². The van der Waals surface area contributed by atoms with E-state index in [4.69, 9.17) is 0 Å². The molecule has 0 aliphatic heterocycles. The van der Waals surface area contributed by atoms with Crippen molar-refractivity contribution in [2.75, 3.05) is 6.61 Å². The van der Waals surface area contributed by atoms with Gasteiger partial charge in [-0.15, -0.1) is 0 Å². The first-order valence-corrected chi connectivity index (χ1v) is 4.50. The molecule has 0 aromatic heterocycles. The quantitative estimate of drug-likeness (QED) is 0.598. The number of rotatable bonds is 2. The van der Waals surface area contributed by atoms with E-state index in [0.717, 1.165) is 0 Å². The van der Waals surface area contributed by atoms with Crippen LogP contribution in [0.25, 0.3) is 0 Å². The smallest absolute Gasteiger partial charge is 0.422 e. The first-order valence-electron chi connectivity index (χ1n) is 4.50. The fourth-order valence-corrected chi connectivity index (χ4v) is 1.18. The lowest BCUT2D eigenvalue weighted by Crippen LogP contribution is -2.14. The Morgan fingerprint density at radius 3 is 2.06 bits per heavy atom. The highest BCUT2D eigenvalue weighted by Gasteiger charge is 2.38. The molecule has 94 valence electrons. The van der Waals surface area contributed by atoms with Crippen molar-refractivity contribution < 1.29 is 31.5 Å². The molecule has 0 aliphatic rings. The monoisotopic (exact) mass is 254 g/mol. The molecule has 0 saturated heterocycles. The molecule has 1 aromatic carbocycles. The van der Waals surface area contributed by atoms with Crippen molar-refractivity contribution in [3.05, 3.63) is 34.9 Å². The van der Waals surface area contributed by atoms with Crippen LogP contribution in [-0.2, 0) is 10.9 Å². The lowest BCUT2D eigenvalue weighted by atomic mass is 10.1. The van der Waals surface area contributed by atoms with Gasteiger partial charge in [0.05, 0.1) is 12.2 Å². The van der Waals surface area contributed by atoms with Crippen LogP contribution in [0.3, 0.4) is 0 Å². The first-order chi connectivity index (χ1) is 7.77. The molecule has 0 N–H and O–H groups in total. The van der Waals surface area contributed by atoms with Crippen molar-refractivity contribution in [1.82, 2.24) is 0 Å². The van der Waals surface area contributed by atoms with Crippen LogP contribution >= 0.6 is 0 Å². The van der Waals surface area contributed by atoms with Gasteiger partial charge in [0.15, 0.2) is 0 Å². The number of carbonyl (C=O) groups is 1. The second kappa shape index (κ2) is 4.68. The topological polar surface area (TPSA) is 26.3 Å². The van der Waals surface area contributed by atoms with Crippen LogP contribution in [0.4, 0.5) is 22.0 Å². The van der Waals surface area contributed by atoms with Crippen molar-refractivity contribution >= 4 is 5.97 Å². The van der Waals surface area contributed by atoms with Crippen LogP contribution in [0, 0.1) is 11.6 Å². The van der Waals surface area contributed by atoms with E-state index in [0.29, 0.717) is 12.1 Å². The van der Waals surface area contributed by atoms with Crippen LogP contribution in [0.15, 0.2) is 12.1 Å². The van der Waals surface area contributed by atoms with E-state index in [1.165, 1.54) is 6.92 Å². The number of hydrogen-bond acceptors (Lipinski definition) is 2. The predicted molar refractivity (Wildman–Crippen MR) is 47.3 cm³/mol. The van der Waals surface area contributed by atoms with Gasteiger partial charge in [0.2, 0.25) is 0 Å². The zero-order valence-corrected chi connectivity index (χ0v) is 8.57. The molecule has 0 spiro atoms. The second-order valence-corrected chi connectivity index (χ2v) is 3.03. The first kappa shape index (κ1) is 13.4. The Hall–Kier alpha value is -1.66. The Bertz CT molecular complexity index is 416. The molecule has 0 fully saturated rings. The van der Waals surface area contributed by atoms with E-state index >= 15 is 0 Å². The van der Waals surface area contributed by atoms with E-state index in [2.05, 4.69) is 4.74 Å². The van der Waals surface area contributed by atoms with Gasteiger partial charge in [0.1, 0.15) is 17.2 Å². The molecule has 0 heterocycles. The average molecular weight is 254 g/mol. The zero-order chi connectivity index (χ0) is 13.2. The lowest BCUT2D eigenvalue weighted by molar-refractivity contribution is -0.142. The van der Waals surface area contributed by atoms with Gasteiger partial charge in [-0.05, 0) is 19.1 Å². The van der Waals surface area contributed by atoms with E-state index in [-0.39, 0.29) is 6.61 Å². The van der Waals surface area contributed by atoms with Gasteiger partial charge in [-0.3, -0.25) is 0 Å². The summed E-state index contributed by atoms with van der Waals surface area (Å²) in [6, 6.07) is 0.591. The molecule has 0 aliphatic carbocycles. The standard InChI is InChI=1S/C10H7F5O2/c1-2-17-9(16)5-3-6(11)8(7(12)4-5)10(13,14)15/h3-4H,2H2,1H3. The SMILES string of the molecule is CCOC(=O)c1cc(F)c(C(F)(F)F)c(F)c1. The minimum absolute atomic E-state index is 0.0525. The van der Waals surface area contributed by atoms with Gasteiger partial charge in [-0.2, -0.15) is 13.2 Å². The third-order valence-electron chi connectivity index (χ3n) is 1.84. The summed E-state index contributed by atoms with van der Waals surface area (Å²) < 4.78 is 67.1. The Labute approximate surface area is 93.0 Å². The molecule has 2 nitrogen and oxygen atoms in total. The summed E-state index contributed by atoms with van der Waals surface area (Å²) in [5.74, 6) is -4.78. The highest BCUT2D eigenvalue weighted by Crippen LogP contribution is 2.34. The normalized spacial score (nSPS) is 11.4. The third kappa shape index (κ3) is 2.92. The Balaban J connectivity index is 3.23. The van der Waals surface area contributed by atoms with Crippen LogP contribution in [0.1, 0.15) is 22.8 Å². The summed E-state index contributed by atoms with van der Waals surface area (Å²) in [7, 11) is 0. The summed E-state index contributed by atoms with van der Waals surface area (Å²) in [6.45, 7) is 1.40. The third-order valence-corrected chi connectivity index (χ3v) is 1.84. The van der Waals surface area contributed by atoms with Gasteiger partial charge in [-0.1, -0.05) is 0 Å². The molecular formula is C10H7F5O2. The lowest BCUT2D eigenvalue weighted by Gasteiger charge is -2.10. The fraction of sp³-hybridized carbons (Fsp3) is 0.300. The number of esters is 1. The molecule has 0 bridgehead atoms. The molecule has 0 atom stereocenters. The van der Waals surface area contributed by atoms with Crippen LogP contribution in [-0.4, -0.2) is 12.6 Å². The van der Waals surface area contributed by atoms with Gasteiger partial charge in [0.25, 0.3) is 0 Å². The summed E-state index contributed by atoms with van der Waals surface area (Å²) >= 11 is 0. The zero-order valence-electron chi connectivity index (χ0n) is 8.57. The predicted octanol–water partition coefficient (Wildman–Crippen LogP) is 3.16. The van der Waals surface area contributed by atoms with Gasteiger partial charge >= 0.3 is 12.1 Å². The van der Waals surface area contributed by atoms with Gasteiger partial charge < -0.3 is 4.74 Å². The number of halogens is 5. The number of carbonyl (C=O) groups excluding carboxylic acids is 1. The molecule has 1 aromatic rings. The number of hydrogen-bond donors (Lipinski definition) is 0. The van der Waals surface area contributed by atoms with E-state index in [1.54, 1.807) is 0 Å². The Morgan fingerprint density at radius 1 is 1.24 bits per heavy atom. The summed E-state index contributed by atoms with van der Waals surface area (Å²) in [5.41, 5.74) is -2.62. The Kier molecular flexibility index (Phi) is 3.69.